The van der Waals surface area contributed by atoms with Crippen LogP contribution in [0.25, 0.3) is 0 Å². The normalized spacial score (nSPS) is 13.0. The predicted octanol–water partition coefficient (Wildman–Crippen LogP) is 2.32. The smallest absolute Gasteiger partial charge is 0.211 e. The summed E-state index contributed by atoms with van der Waals surface area (Å²) in [6, 6.07) is 12.0. The van der Waals surface area contributed by atoms with E-state index in [0.717, 1.165) is 16.9 Å². The number of sulfone groups is 1. The van der Waals surface area contributed by atoms with E-state index < -0.39 is 25.9 Å². The standard InChI is InChI=1S/C22H28N2O6S2/c1-5-6-15-30-20-11-13-21(14-12-20)32(28,29)17-22(24(3)25)19-9-7-18(8-10-19)16-23(2)31(4,26)27/h7-14,22,25H,15-17H2,1-4H3. The highest BCUT2D eigenvalue weighted by atomic mass is 32.2. The van der Waals surface area contributed by atoms with Gasteiger partial charge in [-0.15, -0.1) is 5.92 Å². The molecular formula is C22H28N2O6S2. The minimum Gasteiger partial charge on any atom is -0.481 e. The van der Waals surface area contributed by atoms with Crippen molar-refractivity contribution in [1.82, 2.24) is 9.37 Å². The summed E-state index contributed by atoms with van der Waals surface area (Å²) in [5.74, 6) is 5.64. The lowest BCUT2D eigenvalue weighted by molar-refractivity contribution is -0.0973. The van der Waals surface area contributed by atoms with Crippen LogP contribution in [0.4, 0.5) is 0 Å². The third-order valence-corrected chi connectivity index (χ3v) is 7.84. The maximum absolute atomic E-state index is 12.9. The molecule has 1 atom stereocenters. The van der Waals surface area contributed by atoms with Gasteiger partial charge in [0.1, 0.15) is 12.4 Å². The van der Waals surface area contributed by atoms with Crippen molar-refractivity contribution in [1.29, 1.82) is 0 Å². The van der Waals surface area contributed by atoms with Gasteiger partial charge in [-0.05, 0) is 42.3 Å². The van der Waals surface area contributed by atoms with E-state index in [1.807, 2.05) is 0 Å². The topological polar surface area (TPSA) is 104 Å². The third kappa shape index (κ3) is 7.32. The molecule has 0 radical (unpaired) electrons. The number of rotatable bonds is 10. The first-order valence-electron chi connectivity index (χ1n) is 9.71. The molecule has 0 aliphatic carbocycles. The molecule has 2 aromatic carbocycles. The Labute approximate surface area is 190 Å². The Morgan fingerprint density at radius 3 is 2.09 bits per heavy atom. The van der Waals surface area contributed by atoms with Gasteiger partial charge in [0.05, 0.1) is 22.9 Å². The van der Waals surface area contributed by atoms with Gasteiger partial charge in [-0.1, -0.05) is 30.2 Å². The number of nitrogens with zero attached hydrogens (tertiary/aromatic N) is 2. The van der Waals surface area contributed by atoms with Crippen molar-refractivity contribution in [2.75, 3.05) is 32.7 Å². The fraction of sp³-hybridized carbons (Fsp3) is 0.364. The van der Waals surface area contributed by atoms with Crippen LogP contribution in [-0.4, -0.2) is 64.1 Å². The van der Waals surface area contributed by atoms with Gasteiger partial charge in [-0.3, -0.25) is 0 Å². The minimum atomic E-state index is -3.72. The van der Waals surface area contributed by atoms with Crippen LogP contribution in [0.5, 0.6) is 5.75 Å². The zero-order valence-corrected chi connectivity index (χ0v) is 20.1. The second kappa shape index (κ2) is 10.9. The van der Waals surface area contributed by atoms with Crippen LogP contribution < -0.4 is 4.74 Å². The molecule has 0 bridgehead atoms. The molecule has 0 aliphatic heterocycles. The first kappa shape index (κ1) is 25.8. The Kier molecular flexibility index (Phi) is 8.83. The van der Waals surface area contributed by atoms with E-state index in [9.17, 15) is 22.0 Å². The molecule has 0 aromatic heterocycles. The van der Waals surface area contributed by atoms with Crippen molar-refractivity contribution in [3.63, 3.8) is 0 Å². The van der Waals surface area contributed by atoms with Gasteiger partial charge >= 0.3 is 0 Å². The van der Waals surface area contributed by atoms with Crippen molar-refractivity contribution < 1.29 is 26.8 Å². The van der Waals surface area contributed by atoms with E-state index in [2.05, 4.69) is 11.8 Å². The molecule has 1 N–H and O–H groups in total. The number of hydrogen-bond donors (Lipinski definition) is 1. The van der Waals surface area contributed by atoms with Crippen molar-refractivity contribution in [2.24, 2.45) is 0 Å². The number of ether oxygens (including phenoxy) is 1. The summed E-state index contributed by atoms with van der Waals surface area (Å²) in [6.45, 7) is 2.11. The van der Waals surface area contributed by atoms with Crippen LogP contribution >= 0.6 is 0 Å². The molecular weight excluding hydrogens is 452 g/mol. The first-order valence-corrected chi connectivity index (χ1v) is 13.2. The molecule has 1 unspecified atom stereocenters. The van der Waals surface area contributed by atoms with Crippen molar-refractivity contribution in [3.8, 4) is 17.6 Å². The number of benzene rings is 2. The highest BCUT2D eigenvalue weighted by Crippen LogP contribution is 2.25. The summed E-state index contributed by atoms with van der Waals surface area (Å²) in [6.07, 6.45) is 1.13. The summed E-state index contributed by atoms with van der Waals surface area (Å²) in [4.78, 5) is 0.115. The fourth-order valence-corrected chi connectivity index (χ4v) is 4.83. The van der Waals surface area contributed by atoms with Gasteiger partial charge in [0.15, 0.2) is 9.84 Å². The largest absolute Gasteiger partial charge is 0.481 e. The summed E-state index contributed by atoms with van der Waals surface area (Å²) in [5.41, 5.74) is 1.33. The van der Waals surface area contributed by atoms with Crippen LogP contribution in [0.3, 0.4) is 0 Å². The molecule has 2 aromatic rings. The lowest BCUT2D eigenvalue weighted by Gasteiger charge is -2.23. The quantitative estimate of drug-likeness (QED) is 0.411. The summed E-state index contributed by atoms with van der Waals surface area (Å²) in [5, 5.41) is 11.0. The summed E-state index contributed by atoms with van der Waals surface area (Å²) >= 11 is 0. The van der Waals surface area contributed by atoms with Crippen LogP contribution in [-0.2, 0) is 26.4 Å². The maximum atomic E-state index is 12.9. The Hall–Kier alpha value is -2.42. The number of hydroxylamine groups is 2. The first-order chi connectivity index (χ1) is 14.9. The second-order valence-electron chi connectivity index (χ2n) is 7.32. The zero-order chi connectivity index (χ0) is 23.9. The molecule has 0 saturated carbocycles. The van der Waals surface area contributed by atoms with Gasteiger partial charge in [0, 0.05) is 20.6 Å². The van der Waals surface area contributed by atoms with Gasteiger partial charge < -0.3 is 9.94 Å². The van der Waals surface area contributed by atoms with Crippen molar-refractivity contribution >= 4 is 19.9 Å². The Bertz CT molecular complexity index is 1160. The van der Waals surface area contributed by atoms with E-state index in [1.54, 1.807) is 43.3 Å². The van der Waals surface area contributed by atoms with E-state index in [-0.39, 0.29) is 23.8 Å². The fourth-order valence-electron chi connectivity index (χ4n) is 2.88. The Balaban J connectivity index is 2.17. The molecule has 0 aliphatic rings. The van der Waals surface area contributed by atoms with Gasteiger partial charge in [0.2, 0.25) is 10.0 Å². The number of sulfonamides is 1. The molecule has 10 heteroatoms. The number of hydrogen-bond acceptors (Lipinski definition) is 7. The molecule has 2 rings (SSSR count). The molecule has 0 fully saturated rings. The van der Waals surface area contributed by atoms with Crippen LogP contribution in [0.2, 0.25) is 0 Å². The average molecular weight is 481 g/mol. The second-order valence-corrected chi connectivity index (χ2v) is 11.4. The Morgan fingerprint density at radius 2 is 1.59 bits per heavy atom. The molecule has 0 saturated heterocycles. The van der Waals surface area contributed by atoms with Crippen LogP contribution in [0.1, 0.15) is 24.1 Å². The van der Waals surface area contributed by atoms with Crippen molar-refractivity contribution in [2.45, 2.75) is 24.4 Å². The molecule has 0 amide bonds. The highest BCUT2D eigenvalue weighted by Gasteiger charge is 2.25. The van der Waals surface area contributed by atoms with E-state index in [1.165, 1.54) is 30.5 Å². The van der Waals surface area contributed by atoms with E-state index >= 15 is 0 Å². The average Bonchev–Trinajstić information content (AvgIpc) is 2.72. The SMILES string of the molecule is CC#CCOc1ccc(S(=O)(=O)CC(c2ccc(CN(C)S(C)(=O)=O)cc2)N(C)O)cc1. The van der Waals surface area contributed by atoms with Crippen LogP contribution in [0, 0.1) is 11.8 Å². The molecule has 174 valence electrons. The minimum absolute atomic E-state index is 0.115. The monoisotopic (exact) mass is 480 g/mol. The van der Waals surface area contributed by atoms with Gasteiger partial charge in [0.25, 0.3) is 0 Å². The van der Waals surface area contributed by atoms with E-state index in [4.69, 9.17) is 4.74 Å². The summed E-state index contributed by atoms with van der Waals surface area (Å²) in [7, 11) is -4.17. The molecule has 0 heterocycles. The predicted molar refractivity (Wildman–Crippen MR) is 122 cm³/mol. The lowest BCUT2D eigenvalue weighted by Crippen LogP contribution is -2.28. The van der Waals surface area contributed by atoms with Gasteiger partial charge in [-0.2, -0.15) is 5.06 Å². The lowest BCUT2D eigenvalue weighted by atomic mass is 10.1. The summed E-state index contributed by atoms with van der Waals surface area (Å²) < 4.78 is 55.7. The van der Waals surface area contributed by atoms with Gasteiger partial charge in [-0.25, -0.2) is 21.1 Å². The zero-order valence-electron chi connectivity index (χ0n) is 18.5. The van der Waals surface area contributed by atoms with E-state index in [0.29, 0.717) is 11.3 Å². The molecule has 8 nitrogen and oxygen atoms in total. The molecule has 32 heavy (non-hydrogen) atoms. The third-order valence-electron chi connectivity index (χ3n) is 4.83. The highest BCUT2D eigenvalue weighted by molar-refractivity contribution is 7.91. The molecule has 0 spiro atoms. The maximum Gasteiger partial charge on any atom is 0.211 e. The Morgan fingerprint density at radius 1 is 1.00 bits per heavy atom. The van der Waals surface area contributed by atoms with Crippen LogP contribution in [0.15, 0.2) is 53.4 Å². The van der Waals surface area contributed by atoms with Crippen molar-refractivity contribution in [3.05, 3.63) is 59.7 Å².